The number of hydrogen-bond acceptors (Lipinski definition) is 8. The second-order valence-corrected chi connectivity index (χ2v) is 11.9. The normalized spacial score (nSPS) is 13.0. The number of anilines is 2. The van der Waals surface area contributed by atoms with E-state index < -0.39 is 0 Å². The summed E-state index contributed by atoms with van der Waals surface area (Å²) < 4.78 is 5.27. The molecule has 2 aliphatic heterocycles. The van der Waals surface area contributed by atoms with E-state index in [1.54, 1.807) is 13.1 Å². The molecule has 2 heterocycles. The molecule has 0 saturated carbocycles. The maximum Gasteiger partial charge on any atom is 0.132 e. The summed E-state index contributed by atoms with van der Waals surface area (Å²) in [6.45, 7) is 33.1. The van der Waals surface area contributed by atoms with Gasteiger partial charge in [0, 0.05) is 82.0 Å². The number of carbonyl (C=O) groups is 2. The van der Waals surface area contributed by atoms with Crippen molar-refractivity contribution >= 4 is 29.4 Å². The number of carbonyl (C=O) groups excluding carboxylic acids is 3. The number of hydrogen-bond donors (Lipinski definition) is 1. The third kappa shape index (κ3) is 29.0. The summed E-state index contributed by atoms with van der Waals surface area (Å²) in [5, 5.41) is 3.03. The van der Waals surface area contributed by atoms with E-state index in [0.717, 1.165) is 50.7 Å². The molecular formula is C46H84N4O4. The van der Waals surface area contributed by atoms with Gasteiger partial charge in [0.05, 0.1) is 7.11 Å². The molecule has 0 radical (unpaired) electrons. The lowest BCUT2D eigenvalue weighted by Gasteiger charge is -2.43. The van der Waals surface area contributed by atoms with Crippen LogP contribution in [0.4, 0.5) is 11.4 Å². The third-order valence-corrected chi connectivity index (χ3v) is 8.25. The lowest BCUT2D eigenvalue weighted by Crippen LogP contribution is -2.53. The van der Waals surface area contributed by atoms with Crippen LogP contribution in [0.5, 0.6) is 5.75 Å². The Kier molecular flexibility index (Phi) is 44.9. The van der Waals surface area contributed by atoms with Crippen LogP contribution in [0.2, 0.25) is 0 Å². The Bertz CT molecular complexity index is 1110. The first-order valence-corrected chi connectivity index (χ1v) is 21.0. The number of piperazine rings is 1. The molecule has 2 aromatic carbocycles. The predicted molar refractivity (Wildman–Crippen MR) is 239 cm³/mol. The van der Waals surface area contributed by atoms with Gasteiger partial charge >= 0.3 is 0 Å². The third-order valence-electron chi connectivity index (χ3n) is 8.25. The fourth-order valence-corrected chi connectivity index (χ4v) is 5.00. The molecule has 2 aromatic rings. The van der Waals surface area contributed by atoms with Crippen LogP contribution < -0.4 is 19.9 Å². The number of aryl methyl sites for hydroxylation is 1. The largest absolute Gasteiger partial charge is 0.497 e. The van der Waals surface area contributed by atoms with Gasteiger partial charge in [-0.25, -0.2) is 4.79 Å². The predicted octanol–water partition coefficient (Wildman–Crippen LogP) is 10.6. The molecular weight excluding hydrogens is 673 g/mol. The molecule has 0 aliphatic carbocycles. The minimum Gasteiger partial charge on any atom is -0.497 e. The average molecular weight is 757 g/mol. The molecule has 0 atom stereocenters. The summed E-state index contributed by atoms with van der Waals surface area (Å²) in [5.41, 5.74) is 4.02. The van der Waals surface area contributed by atoms with E-state index >= 15 is 0 Å². The van der Waals surface area contributed by atoms with Gasteiger partial charge in [-0.15, -0.1) is 0 Å². The smallest absolute Gasteiger partial charge is 0.132 e. The summed E-state index contributed by atoms with van der Waals surface area (Å²) in [6.07, 6.45) is 8.11. The number of nitrogens with zero attached hydrogens (tertiary/aromatic N) is 3. The number of Topliss-reactive ketones (excluding diaryl/α,β-unsaturated/α-hetero) is 1. The highest BCUT2D eigenvalue weighted by Gasteiger charge is 2.27. The van der Waals surface area contributed by atoms with Gasteiger partial charge in [0.2, 0.25) is 0 Å². The van der Waals surface area contributed by atoms with Crippen LogP contribution in [0.1, 0.15) is 134 Å². The number of ketones is 1. The van der Waals surface area contributed by atoms with Gasteiger partial charge in [0.15, 0.2) is 0 Å². The Morgan fingerprint density at radius 3 is 1.56 bits per heavy atom. The van der Waals surface area contributed by atoms with Crippen molar-refractivity contribution in [2.45, 2.75) is 147 Å². The van der Waals surface area contributed by atoms with Gasteiger partial charge in [-0.3, -0.25) is 9.69 Å². The van der Waals surface area contributed by atoms with Crippen molar-refractivity contribution in [1.82, 2.24) is 10.2 Å². The molecule has 4 rings (SSSR count). The number of unbranched alkanes of at least 4 members (excludes halogenated alkanes) is 2. The molecule has 2 aliphatic rings. The number of methoxy groups -OCH3 is 1. The minimum absolute atomic E-state index is 0.343. The highest BCUT2D eigenvalue weighted by molar-refractivity contribution is 5.77. The summed E-state index contributed by atoms with van der Waals surface area (Å²) >= 11 is 0. The van der Waals surface area contributed by atoms with Gasteiger partial charge in [-0.1, -0.05) is 101 Å². The monoisotopic (exact) mass is 757 g/mol. The van der Waals surface area contributed by atoms with Crippen LogP contribution in [0.25, 0.3) is 0 Å². The standard InChI is InChI=1S/C23H31N3O.C6H8O2.C5H10O.C4H11N.4C2H6/c1-19-3-5-20(6-4-19)25-15-17-26(18-16-25)22-11-13-24(14-12-22)21-7-9-23(27-2)10-8-21;7-5-3-1-2-4-6-8;1-3-5(6)4-2;1-4(2)5-3;4*1-2/h3-10,22H,11-18H2,1-2H3;3,6H,1-2,4H2;3-4H2,1-2H3;4-5H,1-3H3;4*1-2H3. The van der Waals surface area contributed by atoms with E-state index in [9.17, 15) is 14.4 Å². The van der Waals surface area contributed by atoms with Crippen LogP contribution >= 0.6 is 0 Å². The maximum absolute atomic E-state index is 10.2. The van der Waals surface area contributed by atoms with Crippen molar-refractivity contribution in [2.75, 3.05) is 63.2 Å². The van der Waals surface area contributed by atoms with E-state index in [0.29, 0.717) is 37.5 Å². The summed E-state index contributed by atoms with van der Waals surface area (Å²) in [5.74, 6) is 2.91. The van der Waals surface area contributed by atoms with Crippen molar-refractivity contribution < 1.29 is 19.1 Å². The number of nitrogens with one attached hydrogen (secondary N) is 1. The molecule has 0 amide bonds. The molecule has 2 fully saturated rings. The van der Waals surface area contributed by atoms with Crippen molar-refractivity contribution in [3.8, 4) is 5.75 Å². The van der Waals surface area contributed by atoms with Gasteiger partial charge in [-0.2, -0.15) is 0 Å². The van der Waals surface area contributed by atoms with Crippen LogP contribution in [0.15, 0.2) is 54.6 Å². The van der Waals surface area contributed by atoms with Gasteiger partial charge in [0.25, 0.3) is 0 Å². The Hall–Kier alpha value is -3.45. The fourth-order valence-electron chi connectivity index (χ4n) is 5.00. The van der Waals surface area contributed by atoms with E-state index in [1.165, 1.54) is 48.9 Å². The summed E-state index contributed by atoms with van der Waals surface area (Å²) in [6, 6.07) is 18.8. The Morgan fingerprint density at radius 2 is 1.20 bits per heavy atom. The Labute approximate surface area is 334 Å². The fraction of sp³-hybridized carbons (Fsp3) is 0.652. The van der Waals surface area contributed by atoms with Crippen molar-refractivity contribution in [1.29, 1.82) is 0 Å². The molecule has 2 saturated heterocycles. The molecule has 0 unspecified atom stereocenters. The Morgan fingerprint density at radius 1 is 0.778 bits per heavy atom. The average Bonchev–Trinajstić information content (AvgIpc) is 3.26. The van der Waals surface area contributed by atoms with Crippen LogP contribution in [0, 0.1) is 6.92 Å². The zero-order valence-electron chi connectivity index (χ0n) is 37.6. The van der Waals surface area contributed by atoms with E-state index in [2.05, 4.69) is 89.3 Å². The first-order valence-electron chi connectivity index (χ1n) is 21.0. The first-order chi connectivity index (χ1) is 26.2. The highest BCUT2D eigenvalue weighted by atomic mass is 16.5. The number of piperidine rings is 1. The SMILES string of the molecule is CC.CC.CC.CC.CCC(=O)CC.CNC(C)C.COc1ccc(N2CCC(N3CCN(c4ccc(C)cc4)CC3)CC2)cc1.O=C=CCCCC=O. The molecule has 54 heavy (non-hydrogen) atoms. The lowest BCUT2D eigenvalue weighted by atomic mass is 10.0. The van der Waals surface area contributed by atoms with Gasteiger partial charge < -0.3 is 24.6 Å². The van der Waals surface area contributed by atoms with Crippen LogP contribution in [-0.2, 0) is 14.4 Å². The molecule has 1 N–H and O–H groups in total. The van der Waals surface area contributed by atoms with E-state index in [4.69, 9.17) is 4.74 Å². The van der Waals surface area contributed by atoms with Crippen LogP contribution in [-0.4, -0.2) is 88.4 Å². The van der Waals surface area contributed by atoms with E-state index in [-0.39, 0.29) is 0 Å². The summed E-state index contributed by atoms with van der Waals surface area (Å²) in [7, 11) is 3.67. The molecule has 0 spiro atoms. The number of benzene rings is 2. The van der Waals surface area contributed by atoms with Crippen molar-refractivity contribution in [3.05, 3.63) is 60.2 Å². The number of aldehydes is 1. The quantitative estimate of drug-likeness (QED) is 0.138. The molecule has 312 valence electrons. The molecule has 8 nitrogen and oxygen atoms in total. The minimum atomic E-state index is 0.343. The molecule has 0 bridgehead atoms. The number of ether oxygens (including phenoxy) is 1. The van der Waals surface area contributed by atoms with Gasteiger partial charge in [-0.05, 0) is 82.1 Å². The highest BCUT2D eigenvalue weighted by Crippen LogP contribution is 2.26. The number of rotatable bonds is 11. The number of allylic oxidation sites excluding steroid dienone is 1. The molecule has 8 heteroatoms. The maximum atomic E-state index is 10.2. The van der Waals surface area contributed by atoms with Crippen molar-refractivity contribution in [2.24, 2.45) is 0 Å². The topological polar surface area (TPSA) is 82.2 Å². The van der Waals surface area contributed by atoms with E-state index in [1.807, 2.05) is 76.3 Å². The van der Waals surface area contributed by atoms with Gasteiger partial charge in [0.1, 0.15) is 23.8 Å². The Balaban J connectivity index is -0.000000382. The first kappa shape index (κ1) is 57.3. The molecule has 0 aromatic heterocycles. The lowest BCUT2D eigenvalue weighted by molar-refractivity contribution is -0.118. The van der Waals surface area contributed by atoms with Crippen LogP contribution in [0.3, 0.4) is 0 Å². The second kappa shape index (κ2) is 42.3. The second-order valence-electron chi connectivity index (χ2n) is 11.9. The zero-order chi connectivity index (χ0) is 42.2. The van der Waals surface area contributed by atoms with Crippen molar-refractivity contribution in [3.63, 3.8) is 0 Å². The summed E-state index contributed by atoms with van der Waals surface area (Å²) in [4.78, 5) is 37.1. The zero-order valence-corrected chi connectivity index (χ0v) is 37.6.